The zero-order valence-corrected chi connectivity index (χ0v) is 13.5. The molecule has 6 heteroatoms. The van der Waals surface area contributed by atoms with E-state index in [4.69, 9.17) is 4.74 Å². The molecule has 0 bridgehead atoms. The molecule has 0 N–H and O–H groups in total. The molecule has 6 nitrogen and oxygen atoms in total. The molecule has 0 radical (unpaired) electrons. The average Bonchev–Trinajstić information content (AvgIpc) is 2.53. The highest BCUT2D eigenvalue weighted by atomic mass is 16.5. The fourth-order valence-corrected chi connectivity index (χ4v) is 3.40. The number of rotatable bonds is 2. The van der Waals surface area contributed by atoms with E-state index < -0.39 is 0 Å². The first-order valence-electron chi connectivity index (χ1n) is 7.99. The van der Waals surface area contributed by atoms with E-state index in [1.165, 1.54) is 6.33 Å². The Morgan fingerprint density at radius 2 is 2.23 bits per heavy atom. The number of fused-ring (bicyclic) bond motifs is 1. The monoisotopic (exact) mass is 304 g/mol. The first kappa shape index (κ1) is 15.4. The minimum Gasteiger partial charge on any atom is -0.374 e. The number of hydrogen-bond donors (Lipinski definition) is 0. The molecule has 22 heavy (non-hydrogen) atoms. The second-order valence-corrected chi connectivity index (χ2v) is 6.50. The highest BCUT2D eigenvalue weighted by Gasteiger charge is 2.39. The maximum atomic E-state index is 13.1. The standard InChI is InChI=1S/C16H24N4O2/c1-11(2)15-12(8-17-10-18-15)16(21)20-6-7-22-14-4-5-19(3)9-13(14)20/h8,10-11,13-14H,4-7,9H2,1-3H3/t13-,14-/m0/s1. The molecule has 3 rings (SSSR count). The third kappa shape index (κ3) is 2.85. The van der Waals surface area contributed by atoms with Crippen LogP contribution in [0, 0.1) is 0 Å². The number of carbonyl (C=O) groups is 1. The van der Waals surface area contributed by atoms with Gasteiger partial charge in [-0.2, -0.15) is 0 Å². The number of carbonyl (C=O) groups excluding carboxylic acids is 1. The van der Waals surface area contributed by atoms with Crippen LogP contribution in [0.3, 0.4) is 0 Å². The molecule has 1 aromatic rings. The van der Waals surface area contributed by atoms with Gasteiger partial charge in [-0.15, -0.1) is 0 Å². The van der Waals surface area contributed by atoms with Gasteiger partial charge in [0.1, 0.15) is 6.33 Å². The molecule has 1 aromatic heterocycles. The van der Waals surface area contributed by atoms with Crippen molar-refractivity contribution in [2.45, 2.75) is 38.3 Å². The van der Waals surface area contributed by atoms with Gasteiger partial charge in [0.2, 0.25) is 0 Å². The quantitative estimate of drug-likeness (QED) is 0.820. The molecule has 2 saturated heterocycles. The van der Waals surface area contributed by atoms with Crippen LogP contribution < -0.4 is 0 Å². The van der Waals surface area contributed by atoms with Crippen molar-refractivity contribution in [2.75, 3.05) is 33.3 Å². The smallest absolute Gasteiger partial charge is 0.257 e. The fourth-order valence-electron chi connectivity index (χ4n) is 3.40. The van der Waals surface area contributed by atoms with E-state index in [0.29, 0.717) is 18.7 Å². The van der Waals surface area contributed by atoms with Crippen molar-refractivity contribution in [3.05, 3.63) is 23.8 Å². The van der Waals surface area contributed by atoms with Gasteiger partial charge in [0.15, 0.2) is 0 Å². The third-order valence-electron chi connectivity index (χ3n) is 4.57. The van der Waals surface area contributed by atoms with E-state index in [-0.39, 0.29) is 24.0 Å². The number of piperidine rings is 1. The van der Waals surface area contributed by atoms with Crippen LogP contribution in [0.2, 0.25) is 0 Å². The van der Waals surface area contributed by atoms with Gasteiger partial charge in [0, 0.05) is 25.8 Å². The number of likely N-dealkylation sites (N-methyl/N-ethyl adjacent to an activating group) is 1. The SMILES string of the molecule is CC(C)c1ncncc1C(=O)N1CCO[C@H]2CCN(C)C[C@@H]21. The Balaban J connectivity index is 1.87. The number of ether oxygens (including phenoxy) is 1. The molecule has 0 aromatic carbocycles. The molecule has 1 amide bonds. The zero-order valence-electron chi connectivity index (χ0n) is 13.5. The van der Waals surface area contributed by atoms with Gasteiger partial charge >= 0.3 is 0 Å². The maximum Gasteiger partial charge on any atom is 0.257 e. The summed E-state index contributed by atoms with van der Waals surface area (Å²) in [7, 11) is 2.10. The molecule has 2 aliphatic heterocycles. The molecule has 2 aliphatic rings. The largest absolute Gasteiger partial charge is 0.374 e. The van der Waals surface area contributed by atoms with Crippen LogP contribution in [0.1, 0.15) is 42.2 Å². The van der Waals surface area contributed by atoms with E-state index >= 15 is 0 Å². The Labute approximate surface area is 131 Å². The Hall–Kier alpha value is -1.53. The molecule has 0 unspecified atom stereocenters. The third-order valence-corrected chi connectivity index (χ3v) is 4.57. The van der Waals surface area contributed by atoms with Crippen molar-refractivity contribution in [1.82, 2.24) is 19.8 Å². The van der Waals surface area contributed by atoms with Gasteiger partial charge in [-0.05, 0) is 19.4 Å². The van der Waals surface area contributed by atoms with Gasteiger partial charge in [-0.25, -0.2) is 9.97 Å². The van der Waals surface area contributed by atoms with Crippen molar-refractivity contribution >= 4 is 5.91 Å². The maximum absolute atomic E-state index is 13.1. The van der Waals surface area contributed by atoms with E-state index in [2.05, 4.69) is 35.8 Å². The summed E-state index contributed by atoms with van der Waals surface area (Å²) in [4.78, 5) is 25.7. The zero-order chi connectivity index (χ0) is 15.7. The van der Waals surface area contributed by atoms with Gasteiger partial charge in [-0.1, -0.05) is 13.8 Å². The predicted molar refractivity (Wildman–Crippen MR) is 82.8 cm³/mol. The van der Waals surface area contributed by atoms with Crippen molar-refractivity contribution in [3.63, 3.8) is 0 Å². The number of amides is 1. The van der Waals surface area contributed by atoms with Crippen LogP contribution in [0.25, 0.3) is 0 Å². The molecular weight excluding hydrogens is 280 g/mol. The molecular formula is C16H24N4O2. The van der Waals surface area contributed by atoms with Crippen molar-refractivity contribution < 1.29 is 9.53 Å². The average molecular weight is 304 g/mol. The lowest BCUT2D eigenvalue weighted by atomic mass is 9.97. The summed E-state index contributed by atoms with van der Waals surface area (Å²) < 4.78 is 5.87. The van der Waals surface area contributed by atoms with Crippen LogP contribution in [-0.2, 0) is 4.74 Å². The van der Waals surface area contributed by atoms with Gasteiger partial charge in [0.25, 0.3) is 5.91 Å². The molecule has 2 fully saturated rings. The molecule has 0 saturated carbocycles. The van der Waals surface area contributed by atoms with Gasteiger partial charge < -0.3 is 14.5 Å². The Bertz CT molecular complexity index is 549. The Morgan fingerprint density at radius 1 is 1.41 bits per heavy atom. The second-order valence-electron chi connectivity index (χ2n) is 6.50. The lowest BCUT2D eigenvalue weighted by molar-refractivity contribution is -0.0870. The van der Waals surface area contributed by atoms with Crippen LogP contribution >= 0.6 is 0 Å². The second kappa shape index (κ2) is 6.30. The highest BCUT2D eigenvalue weighted by Crippen LogP contribution is 2.25. The predicted octanol–water partition coefficient (Wildman–Crippen LogP) is 1.15. The molecule has 2 atom stereocenters. The molecule has 3 heterocycles. The summed E-state index contributed by atoms with van der Waals surface area (Å²) in [6, 6.07) is 0.125. The van der Waals surface area contributed by atoms with E-state index in [9.17, 15) is 4.79 Å². The Morgan fingerprint density at radius 3 is 3.00 bits per heavy atom. The number of morpholine rings is 1. The molecule has 0 aliphatic carbocycles. The minimum absolute atomic E-state index is 0.0397. The number of likely N-dealkylation sites (tertiary alicyclic amines) is 1. The van der Waals surface area contributed by atoms with Crippen molar-refractivity contribution in [2.24, 2.45) is 0 Å². The van der Waals surface area contributed by atoms with Crippen molar-refractivity contribution in [1.29, 1.82) is 0 Å². The van der Waals surface area contributed by atoms with Gasteiger partial charge in [0.05, 0.1) is 30.0 Å². The summed E-state index contributed by atoms with van der Waals surface area (Å²) in [5.41, 5.74) is 1.46. The van der Waals surface area contributed by atoms with Crippen LogP contribution in [0.15, 0.2) is 12.5 Å². The van der Waals surface area contributed by atoms with Crippen molar-refractivity contribution in [3.8, 4) is 0 Å². The van der Waals surface area contributed by atoms with E-state index in [1.807, 2.05) is 4.90 Å². The molecule has 120 valence electrons. The number of nitrogens with zero attached hydrogens (tertiary/aromatic N) is 4. The normalized spacial score (nSPS) is 26.1. The number of hydrogen-bond acceptors (Lipinski definition) is 5. The summed E-state index contributed by atoms with van der Waals surface area (Å²) in [5, 5.41) is 0. The summed E-state index contributed by atoms with van der Waals surface area (Å²) in [5.74, 6) is 0.241. The van der Waals surface area contributed by atoms with Crippen LogP contribution in [-0.4, -0.2) is 71.1 Å². The first-order chi connectivity index (χ1) is 10.6. The summed E-state index contributed by atoms with van der Waals surface area (Å²) in [6.45, 7) is 7.24. The minimum atomic E-state index is 0.0397. The Kier molecular flexibility index (Phi) is 4.40. The van der Waals surface area contributed by atoms with Crippen LogP contribution in [0.4, 0.5) is 0 Å². The lowest BCUT2D eigenvalue weighted by Crippen LogP contribution is -2.60. The lowest BCUT2D eigenvalue weighted by Gasteiger charge is -2.46. The van der Waals surface area contributed by atoms with E-state index in [0.717, 1.165) is 25.2 Å². The first-order valence-corrected chi connectivity index (χ1v) is 7.99. The summed E-state index contributed by atoms with van der Waals surface area (Å²) >= 11 is 0. The molecule has 0 spiro atoms. The van der Waals surface area contributed by atoms with Gasteiger partial charge in [-0.3, -0.25) is 4.79 Å². The van der Waals surface area contributed by atoms with Crippen LogP contribution in [0.5, 0.6) is 0 Å². The fraction of sp³-hybridized carbons (Fsp3) is 0.688. The summed E-state index contributed by atoms with van der Waals surface area (Å²) in [6.07, 6.45) is 4.30. The topological polar surface area (TPSA) is 58.6 Å². The number of aromatic nitrogens is 2. The highest BCUT2D eigenvalue weighted by molar-refractivity contribution is 5.95. The van der Waals surface area contributed by atoms with E-state index in [1.54, 1.807) is 6.20 Å².